The van der Waals surface area contributed by atoms with E-state index in [4.69, 9.17) is 14.6 Å². The van der Waals surface area contributed by atoms with Gasteiger partial charge in [0.2, 0.25) is 6.86 Å². The maximum atomic E-state index is 12.8. The van der Waals surface area contributed by atoms with Crippen molar-refractivity contribution in [3.8, 4) is 11.5 Å². The molecule has 4 rings (SSSR count). The molecule has 6 heteroatoms. The van der Waals surface area contributed by atoms with E-state index in [1.165, 1.54) is 11.1 Å². The number of rotatable bonds is 15. The van der Waals surface area contributed by atoms with Gasteiger partial charge in [-0.2, -0.15) is 0 Å². The molecule has 4 aromatic carbocycles. The van der Waals surface area contributed by atoms with Crippen LogP contribution in [0.5, 0.6) is 11.5 Å². The molecular formula is C34H36FNO4. The SMILES string of the molecule is C[C@H](CCOc1cccc(CC(=O)O)c1)N(Cc1cccc(OCF)c1)CC(c1ccccc1)c1ccccc1. The standard InChI is InChI=1S/C34H36FNO4/c1-26(18-19-39-31-16-8-10-27(20-31)22-34(37)38)36(23-28-11-9-17-32(21-28)40-25-35)24-33(29-12-4-2-5-13-29)30-14-6-3-7-15-30/h2-17,20-21,26,33H,18-19,22-25H2,1H3,(H,37,38)/t26-/m1/s1. The number of hydrogen-bond acceptors (Lipinski definition) is 4. The molecule has 0 amide bonds. The molecule has 0 unspecified atom stereocenters. The van der Waals surface area contributed by atoms with Crippen molar-refractivity contribution in [3.05, 3.63) is 131 Å². The summed E-state index contributed by atoms with van der Waals surface area (Å²) in [5.41, 5.74) is 4.24. The highest BCUT2D eigenvalue weighted by Crippen LogP contribution is 2.28. The summed E-state index contributed by atoms with van der Waals surface area (Å²) in [7, 11) is 0. The summed E-state index contributed by atoms with van der Waals surface area (Å²) in [5.74, 6) is 0.470. The summed E-state index contributed by atoms with van der Waals surface area (Å²) >= 11 is 0. The topological polar surface area (TPSA) is 59.0 Å². The second-order valence-corrected chi connectivity index (χ2v) is 9.91. The Balaban J connectivity index is 1.53. The van der Waals surface area contributed by atoms with Gasteiger partial charge in [-0.25, -0.2) is 4.39 Å². The summed E-state index contributed by atoms with van der Waals surface area (Å²) in [6, 6.07) is 36.0. The monoisotopic (exact) mass is 541 g/mol. The summed E-state index contributed by atoms with van der Waals surface area (Å²) in [5, 5.41) is 9.10. The van der Waals surface area contributed by atoms with Crippen LogP contribution in [0.3, 0.4) is 0 Å². The molecule has 0 saturated carbocycles. The van der Waals surface area contributed by atoms with Gasteiger partial charge in [0, 0.05) is 25.0 Å². The third kappa shape index (κ3) is 8.68. The maximum absolute atomic E-state index is 12.8. The first-order chi connectivity index (χ1) is 19.5. The van der Waals surface area contributed by atoms with Gasteiger partial charge >= 0.3 is 5.97 Å². The fourth-order valence-electron chi connectivity index (χ4n) is 4.89. The molecule has 0 fully saturated rings. The third-order valence-electron chi connectivity index (χ3n) is 7.01. The average Bonchev–Trinajstić information content (AvgIpc) is 2.96. The molecule has 40 heavy (non-hydrogen) atoms. The number of carboxylic acids is 1. The first-order valence-electron chi connectivity index (χ1n) is 13.6. The molecule has 0 aliphatic rings. The zero-order valence-corrected chi connectivity index (χ0v) is 22.8. The minimum atomic E-state index is -0.867. The van der Waals surface area contributed by atoms with Gasteiger partial charge in [0.15, 0.2) is 0 Å². The highest BCUT2D eigenvalue weighted by Gasteiger charge is 2.22. The van der Waals surface area contributed by atoms with E-state index in [1.807, 2.05) is 42.5 Å². The van der Waals surface area contributed by atoms with E-state index < -0.39 is 12.8 Å². The lowest BCUT2D eigenvalue weighted by atomic mass is 9.90. The van der Waals surface area contributed by atoms with E-state index in [2.05, 4.69) is 60.4 Å². The average molecular weight is 542 g/mol. The van der Waals surface area contributed by atoms with Crippen LogP contribution in [0.4, 0.5) is 4.39 Å². The number of hydrogen-bond donors (Lipinski definition) is 1. The van der Waals surface area contributed by atoms with Crippen molar-refractivity contribution in [2.45, 2.75) is 38.3 Å². The van der Waals surface area contributed by atoms with Gasteiger partial charge in [0.05, 0.1) is 13.0 Å². The molecule has 0 radical (unpaired) electrons. The lowest BCUT2D eigenvalue weighted by molar-refractivity contribution is -0.136. The van der Waals surface area contributed by atoms with Crippen molar-refractivity contribution < 1.29 is 23.8 Å². The quantitative estimate of drug-likeness (QED) is 0.174. The van der Waals surface area contributed by atoms with Gasteiger partial charge in [-0.3, -0.25) is 9.69 Å². The highest BCUT2D eigenvalue weighted by atomic mass is 19.1. The molecule has 0 aromatic heterocycles. The molecule has 0 saturated heterocycles. The predicted octanol–water partition coefficient (Wildman–Crippen LogP) is 7.11. The molecule has 4 aromatic rings. The minimum Gasteiger partial charge on any atom is -0.494 e. The Morgan fingerprint density at radius 2 is 1.38 bits per heavy atom. The normalized spacial score (nSPS) is 11.9. The van der Waals surface area contributed by atoms with Crippen LogP contribution < -0.4 is 9.47 Å². The Bertz CT molecular complexity index is 1290. The number of nitrogens with zero attached hydrogens (tertiary/aromatic N) is 1. The Labute approximate surface area is 235 Å². The minimum absolute atomic E-state index is 0.0348. The van der Waals surface area contributed by atoms with Gasteiger partial charge in [0.1, 0.15) is 11.5 Å². The third-order valence-corrected chi connectivity index (χ3v) is 7.01. The van der Waals surface area contributed by atoms with Crippen molar-refractivity contribution in [3.63, 3.8) is 0 Å². The maximum Gasteiger partial charge on any atom is 0.307 e. The summed E-state index contributed by atoms with van der Waals surface area (Å²) in [4.78, 5) is 13.5. The molecule has 5 nitrogen and oxygen atoms in total. The number of ether oxygens (including phenoxy) is 2. The van der Waals surface area contributed by atoms with Crippen LogP contribution in [0.15, 0.2) is 109 Å². The molecule has 0 spiro atoms. The number of halogens is 1. The van der Waals surface area contributed by atoms with Crippen LogP contribution in [-0.2, 0) is 17.8 Å². The van der Waals surface area contributed by atoms with Gasteiger partial charge in [0.25, 0.3) is 0 Å². The number of carbonyl (C=O) groups is 1. The van der Waals surface area contributed by atoms with Gasteiger partial charge in [-0.1, -0.05) is 84.9 Å². The molecular weight excluding hydrogens is 505 g/mol. The van der Waals surface area contributed by atoms with E-state index in [1.54, 1.807) is 18.2 Å². The highest BCUT2D eigenvalue weighted by molar-refractivity contribution is 5.70. The zero-order valence-electron chi connectivity index (χ0n) is 22.8. The van der Waals surface area contributed by atoms with Crippen molar-refractivity contribution >= 4 is 5.97 Å². The predicted molar refractivity (Wildman–Crippen MR) is 156 cm³/mol. The van der Waals surface area contributed by atoms with E-state index in [-0.39, 0.29) is 18.4 Å². The molecule has 0 bridgehead atoms. The molecule has 1 N–H and O–H groups in total. The molecule has 0 aliphatic heterocycles. The molecule has 0 heterocycles. The summed E-state index contributed by atoms with van der Waals surface area (Å²) in [6.45, 7) is 3.25. The molecule has 0 aliphatic carbocycles. The van der Waals surface area contributed by atoms with Gasteiger partial charge in [-0.15, -0.1) is 0 Å². The van der Waals surface area contributed by atoms with Crippen LogP contribution in [0.1, 0.15) is 41.5 Å². The zero-order chi connectivity index (χ0) is 28.2. The molecule has 208 valence electrons. The Morgan fingerprint density at radius 3 is 1.98 bits per heavy atom. The second kappa shape index (κ2) is 14.8. The lowest BCUT2D eigenvalue weighted by Crippen LogP contribution is -2.37. The fourth-order valence-corrected chi connectivity index (χ4v) is 4.89. The van der Waals surface area contributed by atoms with Gasteiger partial charge < -0.3 is 14.6 Å². The number of alkyl halides is 1. The van der Waals surface area contributed by atoms with Crippen molar-refractivity contribution in [1.29, 1.82) is 0 Å². The van der Waals surface area contributed by atoms with Crippen molar-refractivity contribution in [1.82, 2.24) is 4.90 Å². The van der Waals surface area contributed by atoms with Crippen LogP contribution >= 0.6 is 0 Å². The number of aliphatic carboxylic acids is 1. The van der Waals surface area contributed by atoms with Crippen molar-refractivity contribution in [2.24, 2.45) is 0 Å². The van der Waals surface area contributed by atoms with E-state index in [0.29, 0.717) is 30.2 Å². The fraction of sp³-hybridized carbons (Fsp3) is 0.265. The van der Waals surface area contributed by atoms with E-state index in [9.17, 15) is 9.18 Å². The van der Waals surface area contributed by atoms with Crippen molar-refractivity contribution in [2.75, 3.05) is 20.0 Å². The summed E-state index contributed by atoms with van der Waals surface area (Å²) in [6.07, 6.45) is 0.729. The van der Waals surface area contributed by atoms with Crippen LogP contribution in [0, 0.1) is 0 Å². The smallest absolute Gasteiger partial charge is 0.307 e. The van der Waals surface area contributed by atoms with Crippen LogP contribution in [-0.4, -0.2) is 42.0 Å². The largest absolute Gasteiger partial charge is 0.494 e. The Hall–Kier alpha value is -4.16. The molecule has 1 atom stereocenters. The first kappa shape index (κ1) is 28.8. The lowest BCUT2D eigenvalue weighted by Gasteiger charge is -2.33. The van der Waals surface area contributed by atoms with Gasteiger partial charge in [-0.05, 0) is 59.9 Å². The Kier molecular flexibility index (Phi) is 10.7. The first-order valence-corrected chi connectivity index (χ1v) is 13.6. The van der Waals surface area contributed by atoms with Crippen LogP contribution in [0.2, 0.25) is 0 Å². The van der Waals surface area contributed by atoms with Crippen LogP contribution in [0.25, 0.3) is 0 Å². The summed E-state index contributed by atoms with van der Waals surface area (Å²) < 4.78 is 24.0. The number of carboxylic acid groups (broad SMARTS) is 1. The second-order valence-electron chi connectivity index (χ2n) is 9.91. The van der Waals surface area contributed by atoms with E-state index >= 15 is 0 Å². The number of benzene rings is 4. The van der Waals surface area contributed by atoms with E-state index in [0.717, 1.165) is 18.5 Å². The Morgan fingerprint density at radius 1 is 0.800 bits per heavy atom.